The summed E-state index contributed by atoms with van der Waals surface area (Å²) in [6.45, 7) is 1.35. The standard InChI is InChI=1S/C21H17F2N5O5/c1-2-33-21(32)12-5-3-4-6-15(12)24-16(29)10-27-18-17(25-26-27)19(30)28(20(18)31)11-7-8-13(22)14(23)9-11/h3-9,17-18H,2,10H2,1H3,(H,24,29)/t17-,18-/m0/s1. The lowest BCUT2D eigenvalue weighted by atomic mass is 10.1. The lowest BCUT2D eigenvalue weighted by Gasteiger charge is -2.20. The van der Waals surface area contributed by atoms with Crippen LogP contribution in [0.3, 0.4) is 0 Å². The highest BCUT2D eigenvalue weighted by molar-refractivity contribution is 6.25. The van der Waals surface area contributed by atoms with Crippen LogP contribution in [0, 0.1) is 11.6 Å². The lowest BCUT2D eigenvalue weighted by Crippen LogP contribution is -2.43. The van der Waals surface area contributed by atoms with E-state index in [0.717, 1.165) is 23.2 Å². The molecule has 2 heterocycles. The van der Waals surface area contributed by atoms with Crippen LogP contribution in [0.4, 0.5) is 20.2 Å². The number of carbonyl (C=O) groups excluding carboxylic acids is 4. The Bertz CT molecular complexity index is 1190. The van der Waals surface area contributed by atoms with Crippen molar-refractivity contribution in [3.63, 3.8) is 0 Å². The van der Waals surface area contributed by atoms with Gasteiger partial charge in [-0.3, -0.25) is 19.4 Å². The Morgan fingerprint density at radius 2 is 1.85 bits per heavy atom. The van der Waals surface area contributed by atoms with Crippen LogP contribution in [0.2, 0.25) is 0 Å². The quantitative estimate of drug-likeness (QED) is 0.524. The molecule has 0 bridgehead atoms. The van der Waals surface area contributed by atoms with Crippen LogP contribution in [0.15, 0.2) is 52.8 Å². The molecule has 2 aliphatic rings. The van der Waals surface area contributed by atoms with Gasteiger partial charge in [0, 0.05) is 6.07 Å². The molecule has 33 heavy (non-hydrogen) atoms. The van der Waals surface area contributed by atoms with E-state index in [2.05, 4.69) is 15.7 Å². The van der Waals surface area contributed by atoms with Crippen LogP contribution in [0.1, 0.15) is 17.3 Å². The summed E-state index contributed by atoms with van der Waals surface area (Å²) in [5.41, 5.74) is 0.192. The smallest absolute Gasteiger partial charge is 0.340 e. The van der Waals surface area contributed by atoms with Crippen molar-refractivity contribution in [2.75, 3.05) is 23.4 Å². The summed E-state index contributed by atoms with van der Waals surface area (Å²) in [5, 5.41) is 11.1. The van der Waals surface area contributed by atoms with Gasteiger partial charge in [0.1, 0.15) is 6.54 Å². The first-order chi connectivity index (χ1) is 15.8. The molecule has 2 aromatic rings. The number of hydrogen-bond acceptors (Lipinski definition) is 8. The highest BCUT2D eigenvalue weighted by atomic mass is 19.2. The summed E-state index contributed by atoms with van der Waals surface area (Å²) in [4.78, 5) is 50.9. The molecule has 2 atom stereocenters. The number of imide groups is 1. The molecule has 2 aliphatic heterocycles. The van der Waals surface area contributed by atoms with Crippen LogP contribution in [0.25, 0.3) is 0 Å². The van der Waals surface area contributed by atoms with Gasteiger partial charge >= 0.3 is 5.97 Å². The second kappa shape index (κ2) is 8.73. The molecule has 1 N–H and O–H groups in total. The minimum Gasteiger partial charge on any atom is -0.462 e. The Morgan fingerprint density at radius 3 is 2.58 bits per heavy atom. The number of fused-ring (bicyclic) bond motifs is 1. The molecule has 0 spiro atoms. The largest absolute Gasteiger partial charge is 0.462 e. The van der Waals surface area contributed by atoms with Gasteiger partial charge in [0.25, 0.3) is 11.8 Å². The molecule has 3 amide bonds. The molecule has 0 unspecified atom stereocenters. The maximum atomic E-state index is 13.6. The number of carbonyl (C=O) groups is 4. The van der Waals surface area contributed by atoms with Crippen molar-refractivity contribution in [3.05, 3.63) is 59.7 Å². The second-order valence-electron chi connectivity index (χ2n) is 7.12. The number of hydrogen-bond donors (Lipinski definition) is 1. The van der Waals surface area contributed by atoms with Crippen molar-refractivity contribution in [1.29, 1.82) is 0 Å². The van der Waals surface area contributed by atoms with Crippen LogP contribution in [-0.4, -0.2) is 53.9 Å². The van der Waals surface area contributed by atoms with E-state index in [0.29, 0.717) is 4.90 Å². The molecule has 0 radical (unpaired) electrons. The Hall–Kier alpha value is -4.22. The number of halogens is 2. The normalized spacial score (nSPS) is 19.1. The third-order valence-corrected chi connectivity index (χ3v) is 5.02. The zero-order valence-electron chi connectivity index (χ0n) is 17.2. The predicted molar refractivity (Wildman–Crippen MR) is 109 cm³/mol. The lowest BCUT2D eigenvalue weighted by molar-refractivity contribution is -0.123. The molecule has 1 fully saturated rings. The number of ether oxygens (including phenoxy) is 1. The van der Waals surface area contributed by atoms with Gasteiger partial charge in [-0.25, -0.2) is 18.5 Å². The van der Waals surface area contributed by atoms with Gasteiger partial charge in [-0.15, -0.1) is 0 Å². The number of anilines is 2. The van der Waals surface area contributed by atoms with E-state index in [1.807, 2.05) is 0 Å². The van der Waals surface area contributed by atoms with Crippen molar-refractivity contribution < 1.29 is 32.7 Å². The fraction of sp³-hybridized carbons (Fsp3) is 0.238. The monoisotopic (exact) mass is 457 g/mol. The fourth-order valence-electron chi connectivity index (χ4n) is 3.55. The molecule has 12 heteroatoms. The highest BCUT2D eigenvalue weighted by Crippen LogP contribution is 2.32. The maximum Gasteiger partial charge on any atom is 0.340 e. The van der Waals surface area contributed by atoms with Crippen molar-refractivity contribution in [2.45, 2.75) is 19.0 Å². The molecule has 170 valence electrons. The summed E-state index contributed by atoms with van der Waals surface area (Å²) < 4.78 is 31.8. The van der Waals surface area contributed by atoms with Crippen molar-refractivity contribution in [3.8, 4) is 0 Å². The average molecular weight is 457 g/mol. The van der Waals surface area contributed by atoms with Crippen LogP contribution >= 0.6 is 0 Å². The molecular formula is C21H17F2N5O5. The molecule has 0 aromatic heterocycles. The molecule has 2 aromatic carbocycles. The van der Waals surface area contributed by atoms with Gasteiger partial charge in [-0.1, -0.05) is 17.4 Å². The topological polar surface area (TPSA) is 121 Å². The molecular weight excluding hydrogens is 440 g/mol. The Balaban J connectivity index is 1.49. The van der Waals surface area contributed by atoms with Crippen molar-refractivity contribution in [1.82, 2.24) is 5.01 Å². The van der Waals surface area contributed by atoms with Crippen molar-refractivity contribution >= 4 is 35.1 Å². The third-order valence-electron chi connectivity index (χ3n) is 5.02. The van der Waals surface area contributed by atoms with E-state index in [1.54, 1.807) is 19.1 Å². The van der Waals surface area contributed by atoms with Crippen LogP contribution < -0.4 is 10.2 Å². The third kappa shape index (κ3) is 4.02. The first-order valence-electron chi connectivity index (χ1n) is 9.88. The minimum atomic E-state index is -1.22. The molecule has 0 aliphatic carbocycles. The second-order valence-corrected chi connectivity index (χ2v) is 7.12. The van der Waals surface area contributed by atoms with E-state index in [1.165, 1.54) is 12.1 Å². The maximum absolute atomic E-state index is 13.6. The Kier molecular flexibility index (Phi) is 5.82. The van der Waals surface area contributed by atoms with E-state index >= 15 is 0 Å². The summed E-state index contributed by atoms with van der Waals surface area (Å²) in [7, 11) is 0. The highest BCUT2D eigenvalue weighted by Gasteiger charge is 2.55. The summed E-state index contributed by atoms with van der Waals surface area (Å²) in [5.74, 6) is -5.13. The van der Waals surface area contributed by atoms with E-state index in [4.69, 9.17) is 4.74 Å². The van der Waals surface area contributed by atoms with Gasteiger partial charge in [-0.2, -0.15) is 5.11 Å². The van der Waals surface area contributed by atoms with E-state index < -0.39 is 54.0 Å². The van der Waals surface area contributed by atoms with Crippen LogP contribution in [0.5, 0.6) is 0 Å². The van der Waals surface area contributed by atoms with Gasteiger partial charge in [0.15, 0.2) is 23.7 Å². The summed E-state index contributed by atoms with van der Waals surface area (Å²) >= 11 is 0. The number of nitrogens with one attached hydrogen (secondary N) is 1. The number of amides is 3. The number of nitrogens with zero attached hydrogens (tertiary/aromatic N) is 4. The summed E-state index contributed by atoms with van der Waals surface area (Å²) in [6.07, 6.45) is 0. The van der Waals surface area contributed by atoms with Gasteiger partial charge < -0.3 is 10.1 Å². The van der Waals surface area contributed by atoms with Gasteiger partial charge in [0.05, 0.1) is 23.5 Å². The fourth-order valence-corrected chi connectivity index (χ4v) is 3.55. The zero-order valence-corrected chi connectivity index (χ0v) is 17.2. The Labute approximate surface area is 185 Å². The zero-order chi connectivity index (χ0) is 23.7. The van der Waals surface area contributed by atoms with Crippen LogP contribution in [-0.2, 0) is 19.1 Å². The number of benzene rings is 2. The first kappa shape index (κ1) is 22.0. The molecule has 10 nitrogen and oxygen atoms in total. The first-order valence-corrected chi connectivity index (χ1v) is 9.88. The number of rotatable bonds is 6. The Morgan fingerprint density at radius 1 is 1.09 bits per heavy atom. The molecule has 1 saturated heterocycles. The minimum absolute atomic E-state index is 0.144. The molecule has 0 saturated carbocycles. The summed E-state index contributed by atoms with van der Waals surface area (Å²) in [6, 6.07) is 6.41. The average Bonchev–Trinajstić information content (AvgIpc) is 3.30. The predicted octanol–water partition coefficient (Wildman–Crippen LogP) is 2.07. The van der Waals surface area contributed by atoms with E-state index in [-0.39, 0.29) is 23.5 Å². The van der Waals surface area contributed by atoms with Crippen molar-refractivity contribution in [2.24, 2.45) is 10.3 Å². The van der Waals surface area contributed by atoms with E-state index in [9.17, 15) is 28.0 Å². The number of esters is 1. The number of para-hydroxylation sites is 1. The van der Waals surface area contributed by atoms with Gasteiger partial charge in [-0.05, 0) is 31.2 Å². The molecule has 4 rings (SSSR count). The van der Waals surface area contributed by atoms with Gasteiger partial charge in [0.2, 0.25) is 5.91 Å². The SMILES string of the molecule is CCOC(=O)c1ccccc1NC(=O)CN1N=N[C@@H]2C(=O)N(c3ccc(F)c(F)c3)C(=O)[C@H]21.